The number of ether oxygens (including phenoxy) is 1. The molecule has 0 spiro atoms. The van der Waals surface area contributed by atoms with Crippen molar-refractivity contribution in [3.8, 4) is 5.75 Å². The van der Waals surface area contributed by atoms with E-state index in [0.717, 1.165) is 30.6 Å². The monoisotopic (exact) mass is 392 g/mol. The van der Waals surface area contributed by atoms with Crippen molar-refractivity contribution in [3.63, 3.8) is 0 Å². The Morgan fingerprint density at radius 1 is 0.821 bits per heavy atom. The lowest BCUT2D eigenvalue weighted by atomic mass is 9.69. The van der Waals surface area contributed by atoms with Gasteiger partial charge in [-0.3, -0.25) is 0 Å². The van der Waals surface area contributed by atoms with Gasteiger partial charge in [0.05, 0.1) is 6.61 Å². The first-order valence-corrected chi connectivity index (χ1v) is 11.6. The summed E-state index contributed by atoms with van der Waals surface area (Å²) in [5, 5.41) is 0. The Bertz CT molecular complexity index is 626. The lowest BCUT2D eigenvalue weighted by Gasteiger charge is -2.38. The van der Waals surface area contributed by atoms with Gasteiger partial charge in [0.1, 0.15) is 0 Å². The standard InChI is InChI=1S/C25H38F2O/c1-4-5-6-19-7-11-21(12-8-19)22-13-9-20(10-14-22)16-28-25-18(3)15-17(2)23(26)24(25)27/h15,19-22H,4-14,16H2,1-3H3. The Labute approximate surface area is 170 Å². The van der Waals surface area contributed by atoms with E-state index in [2.05, 4.69) is 6.92 Å². The summed E-state index contributed by atoms with van der Waals surface area (Å²) >= 11 is 0. The lowest BCUT2D eigenvalue weighted by molar-refractivity contribution is 0.120. The van der Waals surface area contributed by atoms with Gasteiger partial charge in [0.15, 0.2) is 11.6 Å². The van der Waals surface area contributed by atoms with E-state index in [0.29, 0.717) is 23.7 Å². The van der Waals surface area contributed by atoms with Gasteiger partial charge in [0.25, 0.3) is 0 Å². The highest BCUT2D eigenvalue weighted by Gasteiger charge is 2.31. The van der Waals surface area contributed by atoms with E-state index in [1.807, 2.05) is 0 Å². The molecule has 0 aliphatic heterocycles. The molecule has 0 radical (unpaired) electrons. The Morgan fingerprint density at radius 2 is 1.39 bits per heavy atom. The van der Waals surface area contributed by atoms with Gasteiger partial charge in [-0.1, -0.05) is 39.0 Å². The molecule has 1 nitrogen and oxygen atoms in total. The lowest BCUT2D eigenvalue weighted by Crippen LogP contribution is -2.27. The van der Waals surface area contributed by atoms with Crippen LogP contribution >= 0.6 is 0 Å². The summed E-state index contributed by atoms with van der Waals surface area (Å²) < 4.78 is 33.8. The molecular formula is C25H38F2O. The van der Waals surface area contributed by atoms with Crippen LogP contribution in [-0.4, -0.2) is 6.61 Å². The van der Waals surface area contributed by atoms with Crippen LogP contribution in [0.2, 0.25) is 0 Å². The minimum Gasteiger partial charge on any atom is -0.490 e. The highest BCUT2D eigenvalue weighted by atomic mass is 19.2. The van der Waals surface area contributed by atoms with Crippen molar-refractivity contribution in [1.82, 2.24) is 0 Å². The molecule has 28 heavy (non-hydrogen) atoms. The van der Waals surface area contributed by atoms with Gasteiger partial charge in [-0.25, -0.2) is 4.39 Å². The first kappa shape index (κ1) is 21.6. The second-order valence-corrected chi connectivity index (χ2v) is 9.48. The van der Waals surface area contributed by atoms with Crippen LogP contribution < -0.4 is 4.74 Å². The summed E-state index contributed by atoms with van der Waals surface area (Å²) in [7, 11) is 0. The van der Waals surface area contributed by atoms with Crippen molar-refractivity contribution in [1.29, 1.82) is 0 Å². The first-order chi connectivity index (χ1) is 13.5. The Hall–Kier alpha value is -1.12. The summed E-state index contributed by atoms with van der Waals surface area (Å²) in [6.45, 7) is 6.18. The number of halogens is 2. The van der Waals surface area contributed by atoms with Gasteiger partial charge in [0.2, 0.25) is 5.82 Å². The number of benzene rings is 1. The van der Waals surface area contributed by atoms with E-state index in [1.54, 1.807) is 19.9 Å². The minimum atomic E-state index is -0.828. The van der Waals surface area contributed by atoms with Crippen LogP contribution in [-0.2, 0) is 0 Å². The Morgan fingerprint density at radius 3 is 1.96 bits per heavy atom. The second kappa shape index (κ2) is 10.1. The van der Waals surface area contributed by atoms with Gasteiger partial charge in [0, 0.05) is 0 Å². The summed E-state index contributed by atoms with van der Waals surface area (Å²) in [4.78, 5) is 0. The van der Waals surface area contributed by atoms with Gasteiger partial charge >= 0.3 is 0 Å². The number of rotatable bonds is 7. The summed E-state index contributed by atoms with van der Waals surface area (Å²) in [6, 6.07) is 1.67. The third kappa shape index (κ3) is 5.27. The van der Waals surface area contributed by atoms with E-state index in [4.69, 9.17) is 4.74 Å². The molecule has 2 aliphatic carbocycles. The van der Waals surface area contributed by atoms with E-state index < -0.39 is 11.6 Å². The fourth-order valence-electron chi connectivity index (χ4n) is 5.55. The molecule has 2 fully saturated rings. The van der Waals surface area contributed by atoms with Crippen LogP contribution in [0, 0.1) is 49.2 Å². The molecule has 0 unspecified atom stereocenters. The van der Waals surface area contributed by atoms with Crippen molar-refractivity contribution in [2.24, 2.45) is 23.7 Å². The SMILES string of the molecule is CCCCC1CCC(C2CCC(COc3c(C)cc(C)c(F)c3F)CC2)CC1. The van der Waals surface area contributed by atoms with Crippen LogP contribution in [0.4, 0.5) is 8.78 Å². The third-order valence-electron chi connectivity index (χ3n) is 7.41. The quantitative estimate of drug-likeness (QED) is 0.460. The molecule has 2 aliphatic rings. The minimum absolute atomic E-state index is 0.107. The molecule has 3 rings (SSSR count). The zero-order chi connectivity index (χ0) is 20.1. The largest absolute Gasteiger partial charge is 0.490 e. The molecule has 1 aromatic rings. The smallest absolute Gasteiger partial charge is 0.201 e. The van der Waals surface area contributed by atoms with Crippen LogP contribution in [0.15, 0.2) is 6.07 Å². The molecule has 0 N–H and O–H groups in total. The fraction of sp³-hybridized carbons (Fsp3) is 0.760. The Kier molecular flexibility index (Phi) is 7.77. The highest BCUT2D eigenvalue weighted by Crippen LogP contribution is 2.42. The van der Waals surface area contributed by atoms with Crippen molar-refractivity contribution in [2.45, 2.75) is 91.4 Å². The maximum atomic E-state index is 14.2. The van der Waals surface area contributed by atoms with Gasteiger partial charge in [-0.15, -0.1) is 0 Å². The van der Waals surface area contributed by atoms with Gasteiger partial charge in [-0.2, -0.15) is 4.39 Å². The topological polar surface area (TPSA) is 9.23 Å². The van der Waals surface area contributed by atoms with Gasteiger partial charge < -0.3 is 4.74 Å². The van der Waals surface area contributed by atoms with Crippen LogP contribution in [0.1, 0.15) is 88.7 Å². The molecule has 0 saturated heterocycles. The van der Waals surface area contributed by atoms with Crippen LogP contribution in [0.3, 0.4) is 0 Å². The molecule has 1 aromatic carbocycles. The van der Waals surface area contributed by atoms with Crippen LogP contribution in [0.25, 0.3) is 0 Å². The Balaban J connectivity index is 1.42. The zero-order valence-corrected chi connectivity index (χ0v) is 18.0. The molecule has 158 valence electrons. The predicted molar refractivity (Wildman–Crippen MR) is 112 cm³/mol. The molecule has 0 atom stereocenters. The highest BCUT2D eigenvalue weighted by molar-refractivity contribution is 5.38. The molecule has 3 heteroatoms. The van der Waals surface area contributed by atoms with E-state index in [1.165, 1.54) is 57.8 Å². The molecular weight excluding hydrogens is 354 g/mol. The van der Waals surface area contributed by atoms with E-state index in [9.17, 15) is 8.78 Å². The van der Waals surface area contributed by atoms with Gasteiger partial charge in [-0.05, 0) is 93.2 Å². The van der Waals surface area contributed by atoms with E-state index >= 15 is 0 Å². The van der Waals surface area contributed by atoms with Crippen LogP contribution in [0.5, 0.6) is 5.75 Å². The summed E-state index contributed by atoms with van der Waals surface area (Å²) in [6.07, 6.45) is 14.8. The maximum absolute atomic E-state index is 14.2. The zero-order valence-electron chi connectivity index (χ0n) is 18.0. The van der Waals surface area contributed by atoms with E-state index in [-0.39, 0.29) is 5.75 Å². The molecule has 0 heterocycles. The molecule has 0 aromatic heterocycles. The van der Waals surface area contributed by atoms with Crippen molar-refractivity contribution in [3.05, 3.63) is 28.8 Å². The van der Waals surface area contributed by atoms with Crippen molar-refractivity contribution < 1.29 is 13.5 Å². The molecule has 2 saturated carbocycles. The molecule has 0 amide bonds. The number of hydrogen-bond donors (Lipinski definition) is 0. The second-order valence-electron chi connectivity index (χ2n) is 9.48. The first-order valence-electron chi connectivity index (χ1n) is 11.6. The summed E-state index contributed by atoms with van der Waals surface area (Å²) in [5.41, 5.74) is 1.03. The maximum Gasteiger partial charge on any atom is 0.201 e. The predicted octanol–water partition coefficient (Wildman–Crippen LogP) is 7.76. The third-order valence-corrected chi connectivity index (χ3v) is 7.41. The molecule has 0 bridgehead atoms. The van der Waals surface area contributed by atoms with Crippen molar-refractivity contribution >= 4 is 0 Å². The normalized spacial score (nSPS) is 28.3. The average Bonchev–Trinajstić information content (AvgIpc) is 2.71. The summed E-state index contributed by atoms with van der Waals surface area (Å²) in [5.74, 6) is 1.75. The fourth-order valence-corrected chi connectivity index (χ4v) is 5.55. The average molecular weight is 393 g/mol. The number of hydrogen-bond acceptors (Lipinski definition) is 1. The number of unbranched alkanes of at least 4 members (excludes halogenated alkanes) is 1. The van der Waals surface area contributed by atoms with Crippen molar-refractivity contribution in [2.75, 3.05) is 6.61 Å². The number of aryl methyl sites for hydroxylation is 2.